The molecule has 2 fully saturated rings. The van der Waals surface area contributed by atoms with Crippen LogP contribution in [0.1, 0.15) is 28.8 Å². The molecule has 2 heterocycles. The number of carbonyl (C=O) groups excluding carboxylic acids is 1. The molecule has 0 atom stereocenters. The summed E-state index contributed by atoms with van der Waals surface area (Å²) in [7, 11) is 0. The summed E-state index contributed by atoms with van der Waals surface area (Å²) in [6.07, 6.45) is 4.29. The number of rotatable bonds is 4. The lowest BCUT2D eigenvalue weighted by Crippen LogP contribution is -2.27. The van der Waals surface area contributed by atoms with Crippen molar-refractivity contribution in [2.75, 3.05) is 22.9 Å². The number of benzene rings is 2. The molecule has 7 heteroatoms. The highest BCUT2D eigenvalue weighted by Gasteiger charge is 2.33. The van der Waals surface area contributed by atoms with Crippen LogP contribution in [-0.2, 0) is 4.79 Å². The van der Waals surface area contributed by atoms with E-state index >= 15 is 0 Å². The van der Waals surface area contributed by atoms with Crippen molar-refractivity contribution < 1.29 is 14.7 Å². The molecule has 1 amide bonds. The summed E-state index contributed by atoms with van der Waals surface area (Å²) >= 11 is 6.59. The fourth-order valence-electron chi connectivity index (χ4n) is 3.38. The molecule has 0 bridgehead atoms. The molecule has 0 radical (unpaired) electrons. The van der Waals surface area contributed by atoms with Gasteiger partial charge >= 0.3 is 5.97 Å². The molecule has 2 aliphatic rings. The van der Waals surface area contributed by atoms with Crippen molar-refractivity contribution >= 4 is 57.6 Å². The Kier molecular flexibility index (Phi) is 5.19. The number of anilines is 2. The van der Waals surface area contributed by atoms with E-state index in [9.17, 15) is 14.7 Å². The van der Waals surface area contributed by atoms with Gasteiger partial charge in [0.05, 0.1) is 16.2 Å². The Hall–Kier alpha value is -2.64. The van der Waals surface area contributed by atoms with Crippen LogP contribution in [0.25, 0.3) is 6.08 Å². The van der Waals surface area contributed by atoms with Crippen LogP contribution in [0, 0.1) is 0 Å². The zero-order chi connectivity index (χ0) is 19.7. The third-order valence-corrected chi connectivity index (χ3v) is 6.11. The van der Waals surface area contributed by atoms with Crippen LogP contribution in [0.5, 0.6) is 0 Å². The Morgan fingerprint density at radius 2 is 1.79 bits per heavy atom. The number of thioether (sulfide) groups is 1. The van der Waals surface area contributed by atoms with E-state index in [1.807, 2.05) is 18.2 Å². The summed E-state index contributed by atoms with van der Waals surface area (Å²) < 4.78 is 0.396. The van der Waals surface area contributed by atoms with Crippen molar-refractivity contribution in [2.24, 2.45) is 0 Å². The van der Waals surface area contributed by atoms with E-state index in [-0.39, 0.29) is 11.5 Å². The van der Waals surface area contributed by atoms with Crippen molar-refractivity contribution in [3.05, 3.63) is 64.6 Å². The Morgan fingerprint density at radius 1 is 1.07 bits per heavy atom. The second kappa shape index (κ2) is 7.77. The summed E-state index contributed by atoms with van der Waals surface area (Å²) in [5.41, 5.74) is 2.72. The van der Waals surface area contributed by atoms with Gasteiger partial charge < -0.3 is 10.0 Å². The Morgan fingerprint density at radius 3 is 2.46 bits per heavy atom. The van der Waals surface area contributed by atoms with Gasteiger partial charge in [-0.1, -0.05) is 42.2 Å². The molecule has 2 aromatic rings. The van der Waals surface area contributed by atoms with E-state index < -0.39 is 5.97 Å². The van der Waals surface area contributed by atoms with Gasteiger partial charge in [-0.25, -0.2) is 4.79 Å². The topological polar surface area (TPSA) is 60.9 Å². The lowest BCUT2D eigenvalue weighted by Gasteiger charge is -2.17. The van der Waals surface area contributed by atoms with Gasteiger partial charge in [0.15, 0.2) is 4.32 Å². The smallest absolute Gasteiger partial charge is 0.335 e. The van der Waals surface area contributed by atoms with Crippen LogP contribution in [-0.4, -0.2) is 34.4 Å². The van der Waals surface area contributed by atoms with E-state index in [1.54, 1.807) is 12.1 Å². The summed E-state index contributed by atoms with van der Waals surface area (Å²) in [6.45, 7) is 2.18. The Labute approximate surface area is 172 Å². The van der Waals surface area contributed by atoms with Crippen LogP contribution in [0.2, 0.25) is 0 Å². The monoisotopic (exact) mass is 410 g/mol. The van der Waals surface area contributed by atoms with E-state index in [0.29, 0.717) is 14.9 Å². The second-order valence-electron chi connectivity index (χ2n) is 6.66. The van der Waals surface area contributed by atoms with Crippen molar-refractivity contribution in [1.82, 2.24) is 0 Å². The van der Waals surface area contributed by atoms with Gasteiger partial charge in [-0.2, -0.15) is 0 Å². The third-order valence-electron chi connectivity index (χ3n) is 4.81. The molecule has 2 saturated heterocycles. The summed E-state index contributed by atoms with van der Waals surface area (Å²) in [5, 5.41) is 9.18. The number of carbonyl (C=O) groups is 2. The average Bonchev–Trinajstić information content (AvgIpc) is 3.31. The average molecular weight is 411 g/mol. The quantitative estimate of drug-likeness (QED) is 0.596. The maximum atomic E-state index is 12.9. The molecule has 1 N–H and O–H groups in total. The molecule has 5 nitrogen and oxygen atoms in total. The van der Waals surface area contributed by atoms with Crippen LogP contribution < -0.4 is 9.80 Å². The number of carboxylic acid groups (broad SMARTS) is 1. The third kappa shape index (κ3) is 3.68. The molecule has 0 aliphatic carbocycles. The zero-order valence-corrected chi connectivity index (χ0v) is 16.6. The van der Waals surface area contributed by atoms with Crippen molar-refractivity contribution in [1.29, 1.82) is 0 Å². The van der Waals surface area contributed by atoms with Crippen LogP contribution in [0.3, 0.4) is 0 Å². The van der Waals surface area contributed by atoms with Crippen molar-refractivity contribution in [2.45, 2.75) is 12.8 Å². The predicted molar refractivity (Wildman–Crippen MR) is 117 cm³/mol. The van der Waals surface area contributed by atoms with Gasteiger partial charge in [0.1, 0.15) is 0 Å². The number of carboxylic acids is 1. The van der Waals surface area contributed by atoms with Crippen molar-refractivity contribution in [3.63, 3.8) is 0 Å². The van der Waals surface area contributed by atoms with Gasteiger partial charge in [0.25, 0.3) is 5.91 Å². The zero-order valence-electron chi connectivity index (χ0n) is 15.0. The molecule has 0 saturated carbocycles. The predicted octanol–water partition coefficient (Wildman–Crippen LogP) is 4.39. The summed E-state index contributed by atoms with van der Waals surface area (Å²) in [6, 6.07) is 14.4. The van der Waals surface area contributed by atoms with Gasteiger partial charge in [-0.05, 0) is 54.8 Å². The number of hydrogen-bond donors (Lipinski definition) is 1. The molecule has 0 unspecified atom stereocenters. The number of thiocarbonyl (C=S) groups is 1. The second-order valence-corrected chi connectivity index (χ2v) is 8.33. The van der Waals surface area contributed by atoms with Crippen LogP contribution in [0.4, 0.5) is 11.4 Å². The fraction of sp³-hybridized carbons (Fsp3) is 0.190. The van der Waals surface area contributed by atoms with Gasteiger partial charge in [0, 0.05) is 18.8 Å². The molecule has 2 aromatic carbocycles. The van der Waals surface area contributed by atoms with Crippen LogP contribution >= 0.6 is 24.0 Å². The molecule has 4 rings (SSSR count). The minimum absolute atomic E-state index is 0.119. The number of amides is 1. The molecular weight excluding hydrogens is 392 g/mol. The van der Waals surface area contributed by atoms with E-state index in [1.165, 1.54) is 47.3 Å². The largest absolute Gasteiger partial charge is 0.478 e. The van der Waals surface area contributed by atoms with Gasteiger partial charge in [-0.15, -0.1) is 0 Å². The highest BCUT2D eigenvalue weighted by atomic mass is 32.2. The normalized spacial score (nSPS) is 18.4. The maximum absolute atomic E-state index is 12.9. The first-order valence-corrected chi connectivity index (χ1v) is 10.2. The first-order chi connectivity index (χ1) is 13.5. The lowest BCUT2D eigenvalue weighted by atomic mass is 10.1. The first-order valence-electron chi connectivity index (χ1n) is 8.99. The number of nitrogens with zero attached hydrogens (tertiary/aromatic N) is 2. The number of hydrogen-bond acceptors (Lipinski definition) is 5. The standard InChI is InChI=1S/C21H18N2O3S2/c24-19-18(12-14-6-8-16(9-7-14)22-10-1-2-11-22)28-21(27)23(19)17-5-3-4-15(13-17)20(25)26/h3-9,12-13H,1-2,10-11H2,(H,25,26)/b18-12+. The fourth-order valence-corrected chi connectivity index (χ4v) is 4.68. The van der Waals surface area contributed by atoms with E-state index in [2.05, 4.69) is 17.0 Å². The summed E-state index contributed by atoms with van der Waals surface area (Å²) in [4.78, 5) is 28.3. The highest BCUT2D eigenvalue weighted by Crippen LogP contribution is 2.36. The van der Waals surface area contributed by atoms with Gasteiger partial charge in [-0.3, -0.25) is 9.69 Å². The Balaban J connectivity index is 1.56. The van der Waals surface area contributed by atoms with E-state index in [4.69, 9.17) is 12.2 Å². The van der Waals surface area contributed by atoms with Gasteiger partial charge in [0.2, 0.25) is 0 Å². The minimum atomic E-state index is -1.04. The SMILES string of the molecule is O=C(O)c1cccc(N2C(=O)/C(=C\c3ccc(N4CCCC4)cc3)SC2=S)c1. The highest BCUT2D eigenvalue weighted by molar-refractivity contribution is 8.27. The molecular formula is C21H18N2O3S2. The number of aromatic carboxylic acids is 1. The van der Waals surface area contributed by atoms with Crippen LogP contribution in [0.15, 0.2) is 53.4 Å². The lowest BCUT2D eigenvalue weighted by molar-refractivity contribution is -0.113. The maximum Gasteiger partial charge on any atom is 0.335 e. The van der Waals surface area contributed by atoms with E-state index in [0.717, 1.165) is 18.7 Å². The Bertz CT molecular complexity index is 979. The van der Waals surface area contributed by atoms with Crippen molar-refractivity contribution in [3.8, 4) is 0 Å². The molecule has 2 aliphatic heterocycles. The molecule has 142 valence electrons. The summed E-state index contributed by atoms with van der Waals surface area (Å²) in [5.74, 6) is -1.28. The molecule has 0 spiro atoms. The molecule has 0 aromatic heterocycles. The first kappa shape index (κ1) is 18.7. The molecule has 28 heavy (non-hydrogen) atoms. The minimum Gasteiger partial charge on any atom is -0.478 e.